The lowest BCUT2D eigenvalue weighted by atomic mass is 9.84. The normalized spacial score (nSPS) is 15.4. The fourth-order valence-corrected chi connectivity index (χ4v) is 4.09. The van der Waals surface area contributed by atoms with E-state index in [2.05, 4.69) is 24.8 Å². The number of nitrogens with zero attached hydrogens (tertiary/aromatic N) is 3. The maximum absolute atomic E-state index is 13.6. The summed E-state index contributed by atoms with van der Waals surface area (Å²) >= 11 is 0. The Bertz CT molecular complexity index is 1060. The topological polar surface area (TPSA) is 93.5 Å². The van der Waals surface area contributed by atoms with E-state index < -0.39 is 5.92 Å². The molecule has 164 valence electrons. The van der Waals surface area contributed by atoms with E-state index in [1.807, 2.05) is 37.3 Å². The van der Waals surface area contributed by atoms with Crippen molar-refractivity contribution < 1.29 is 9.47 Å². The van der Waals surface area contributed by atoms with Crippen molar-refractivity contribution in [2.24, 2.45) is 5.73 Å². The molecule has 3 rings (SSSR count). The zero-order valence-electron chi connectivity index (χ0n) is 18.6. The molecule has 1 unspecified atom stereocenters. The van der Waals surface area contributed by atoms with Crippen LogP contribution in [0.3, 0.4) is 0 Å². The molecule has 0 spiro atoms. The van der Waals surface area contributed by atoms with Gasteiger partial charge in [-0.1, -0.05) is 26.0 Å². The lowest BCUT2D eigenvalue weighted by molar-refractivity contribution is 0.292. The minimum Gasteiger partial charge on any atom is -0.497 e. The van der Waals surface area contributed by atoms with Crippen molar-refractivity contribution in [1.82, 2.24) is 9.47 Å². The van der Waals surface area contributed by atoms with Crippen LogP contribution in [-0.2, 0) is 6.54 Å². The average Bonchev–Trinajstić information content (AvgIpc) is 2.77. The SMILES string of the molecule is CCN(CC)CCCn1c(C)cc2c(c1=O)C(c1ccc(OC)cc1)C(C#N)=C(N)O2. The second-order valence-electron chi connectivity index (χ2n) is 7.60. The molecule has 0 saturated carbocycles. The summed E-state index contributed by atoms with van der Waals surface area (Å²) in [6.45, 7) is 9.66. The average molecular weight is 423 g/mol. The molecule has 0 saturated heterocycles. The van der Waals surface area contributed by atoms with Gasteiger partial charge >= 0.3 is 0 Å². The van der Waals surface area contributed by atoms with Gasteiger partial charge < -0.3 is 24.7 Å². The first-order valence-corrected chi connectivity index (χ1v) is 10.6. The smallest absolute Gasteiger partial charge is 0.258 e. The lowest BCUT2D eigenvalue weighted by Gasteiger charge is -2.27. The van der Waals surface area contributed by atoms with Gasteiger partial charge in [-0.05, 0) is 50.7 Å². The van der Waals surface area contributed by atoms with E-state index in [4.69, 9.17) is 15.2 Å². The van der Waals surface area contributed by atoms with E-state index in [0.29, 0.717) is 23.6 Å². The lowest BCUT2D eigenvalue weighted by Crippen LogP contribution is -2.33. The Morgan fingerprint density at radius 2 is 1.94 bits per heavy atom. The molecule has 1 atom stereocenters. The van der Waals surface area contributed by atoms with Crippen LogP contribution in [0.25, 0.3) is 0 Å². The number of allylic oxidation sites excluding steroid dienone is 1. The third kappa shape index (κ3) is 4.44. The molecular formula is C24H30N4O3. The number of ether oxygens (including phenoxy) is 2. The molecule has 1 aliphatic rings. The Morgan fingerprint density at radius 1 is 1.26 bits per heavy atom. The number of fused-ring (bicyclic) bond motifs is 1. The summed E-state index contributed by atoms with van der Waals surface area (Å²) in [5.74, 6) is 0.569. The van der Waals surface area contributed by atoms with E-state index in [1.54, 1.807) is 11.7 Å². The Morgan fingerprint density at radius 3 is 2.52 bits per heavy atom. The molecule has 0 radical (unpaired) electrons. The Balaban J connectivity index is 2.06. The quantitative estimate of drug-likeness (QED) is 0.703. The van der Waals surface area contributed by atoms with Crippen molar-refractivity contribution in [1.29, 1.82) is 5.26 Å². The van der Waals surface area contributed by atoms with Gasteiger partial charge in [0.15, 0.2) is 0 Å². The van der Waals surface area contributed by atoms with Gasteiger partial charge in [-0.15, -0.1) is 0 Å². The van der Waals surface area contributed by atoms with Crippen molar-refractivity contribution in [3.05, 3.63) is 69.0 Å². The summed E-state index contributed by atoms with van der Waals surface area (Å²) < 4.78 is 12.7. The number of nitrogens with two attached hydrogens (primary N) is 1. The fraction of sp³-hybridized carbons (Fsp3) is 0.417. The number of hydrogen-bond acceptors (Lipinski definition) is 6. The van der Waals surface area contributed by atoms with Gasteiger partial charge in [-0.2, -0.15) is 5.26 Å². The van der Waals surface area contributed by atoms with Gasteiger partial charge in [0, 0.05) is 18.3 Å². The summed E-state index contributed by atoms with van der Waals surface area (Å²) in [5.41, 5.74) is 8.22. The molecular weight excluding hydrogens is 392 g/mol. The highest BCUT2D eigenvalue weighted by molar-refractivity contribution is 5.55. The van der Waals surface area contributed by atoms with Gasteiger partial charge in [0.25, 0.3) is 5.56 Å². The van der Waals surface area contributed by atoms with Crippen LogP contribution in [0.15, 0.2) is 46.6 Å². The van der Waals surface area contributed by atoms with Gasteiger partial charge in [0.05, 0.1) is 18.6 Å². The van der Waals surface area contributed by atoms with Gasteiger partial charge in [0.1, 0.15) is 23.1 Å². The van der Waals surface area contributed by atoms with Crippen LogP contribution in [0.1, 0.15) is 43.0 Å². The fourth-order valence-electron chi connectivity index (χ4n) is 4.09. The van der Waals surface area contributed by atoms with Gasteiger partial charge in [-0.3, -0.25) is 4.79 Å². The first-order chi connectivity index (χ1) is 14.9. The minimum absolute atomic E-state index is 0.0360. The number of rotatable bonds is 8. The van der Waals surface area contributed by atoms with E-state index >= 15 is 0 Å². The first-order valence-electron chi connectivity index (χ1n) is 10.6. The van der Waals surface area contributed by atoms with Crippen LogP contribution in [0, 0.1) is 18.3 Å². The molecule has 2 heterocycles. The van der Waals surface area contributed by atoms with Crippen LogP contribution in [-0.4, -0.2) is 36.2 Å². The molecule has 0 amide bonds. The maximum atomic E-state index is 13.6. The molecule has 31 heavy (non-hydrogen) atoms. The number of nitriles is 1. The molecule has 0 fully saturated rings. The molecule has 2 aromatic rings. The van der Waals surface area contributed by atoms with Crippen molar-refractivity contribution >= 4 is 0 Å². The zero-order valence-corrected chi connectivity index (χ0v) is 18.6. The predicted octanol–water partition coefficient (Wildman–Crippen LogP) is 3.12. The Hall–Kier alpha value is -3.24. The maximum Gasteiger partial charge on any atom is 0.258 e. The first kappa shape index (κ1) is 22.4. The van der Waals surface area contributed by atoms with Gasteiger partial charge in [-0.25, -0.2) is 0 Å². The number of methoxy groups -OCH3 is 1. The van der Waals surface area contributed by atoms with Crippen molar-refractivity contribution in [3.63, 3.8) is 0 Å². The Kier molecular flexibility index (Phi) is 7.03. The molecule has 1 aliphatic heterocycles. The largest absolute Gasteiger partial charge is 0.497 e. The molecule has 1 aromatic carbocycles. The molecule has 7 heteroatoms. The standard InChI is InChI=1S/C24H30N4O3/c1-5-27(6-2)12-7-13-28-16(3)14-20-22(24(28)29)21(19(15-25)23(26)31-20)17-8-10-18(30-4)11-9-17/h8-11,14,21H,5-7,12-13,26H2,1-4H3. The van der Waals surface area contributed by atoms with Crippen molar-refractivity contribution in [3.8, 4) is 17.6 Å². The second-order valence-corrected chi connectivity index (χ2v) is 7.60. The molecule has 0 bridgehead atoms. The predicted molar refractivity (Wildman–Crippen MR) is 120 cm³/mol. The van der Waals surface area contributed by atoms with Crippen molar-refractivity contribution in [2.75, 3.05) is 26.7 Å². The van der Waals surface area contributed by atoms with Crippen LogP contribution >= 0.6 is 0 Å². The van der Waals surface area contributed by atoms with E-state index in [9.17, 15) is 10.1 Å². The Labute approximate surface area is 183 Å². The third-order valence-electron chi connectivity index (χ3n) is 5.89. The highest BCUT2D eigenvalue weighted by Crippen LogP contribution is 2.40. The van der Waals surface area contributed by atoms with E-state index in [-0.39, 0.29) is 17.0 Å². The molecule has 2 N–H and O–H groups in total. The van der Waals surface area contributed by atoms with Crippen LogP contribution in [0.5, 0.6) is 11.5 Å². The summed E-state index contributed by atoms with van der Waals surface area (Å²) in [4.78, 5) is 15.9. The van der Waals surface area contributed by atoms with Crippen LogP contribution < -0.4 is 20.8 Å². The third-order valence-corrected chi connectivity index (χ3v) is 5.89. The number of hydrogen-bond donors (Lipinski definition) is 1. The summed E-state index contributed by atoms with van der Waals surface area (Å²) in [7, 11) is 1.59. The summed E-state index contributed by atoms with van der Waals surface area (Å²) in [6.07, 6.45) is 0.859. The minimum atomic E-state index is -0.582. The monoisotopic (exact) mass is 422 g/mol. The van der Waals surface area contributed by atoms with Crippen molar-refractivity contribution in [2.45, 2.75) is 39.7 Å². The number of aromatic nitrogens is 1. The number of pyridine rings is 1. The van der Waals surface area contributed by atoms with E-state index in [0.717, 1.165) is 37.3 Å². The second kappa shape index (κ2) is 9.71. The van der Waals surface area contributed by atoms with Gasteiger partial charge in [0.2, 0.25) is 5.88 Å². The highest BCUT2D eigenvalue weighted by atomic mass is 16.5. The zero-order chi connectivity index (χ0) is 22.5. The molecule has 7 nitrogen and oxygen atoms in total. The molecule has 1 aromatic heterocycles. The summed E-state index contributed by atoms with van der Waals surface area (Å²) in [5, 5.41) is 9.78. The van der Waals surface area contributed by atoms with Crippen LogP contribution in [0.2, 0.25) is 0 Å². The number of aryl methyl sites for hydroxylation is 1. The van der Waals surface area contributed by atoms with Crippen LogP contribution in [0.4, 0.5) is 0 Å². The van der Waals surface area contributed by atoms with E-state index in [1.165, 1.54) is 0 Å². The molecule has 0 aliphatic carbocycles. The number of benzene rings is 1. The highest BCUT2D eigenvalue weighted by Gasteiger charge is 2.34. The summed E-state index contributed by atoms with van der Waals surface area (Å²) in [6, 6.07) is 11.3.